The summed E-state index contributed by atoms with van der Waals surface area (Å²) in [7, 11) is 0. The quantitative estimate of drug-likeness (QED) is 0.518. The van der Waals surface area contributed by atoms with Crippen LogP contribution in [0.15, 0.2) is 42.6 Å². The monoisotopic (exact) mass is 481 g/mol. The van der Waals surface area contributed by atoms with Crippen LogP contribution < -0.4 is 4.90 Å². The molecule has 1 aliphatic heterocycles. The van der Waals surface area contributed by atoms with Gasteiger partial charge < -0.3 is 9.80 Å². The molecule has 4 rings (SSSR count). The van der Waals surface area contributed by atoms with Crippen molar-refractivity contribution in [1.29, 1.82) is 0 Å². The molecule has 0 bridgehead atoms. The second-order valence-corrected chi connectivity index (χ2v) is 8.08. The van der Waals surface area contributed by atoms with Crippen LogP contribution in [-0.2, 0) is 12.7 Å². The van der Waals surface area contributed by atoms with E-state index in [9.17, 15) is 22.4 Å². The summed E-state index contributed by atoms with van der Waals surface area (Å²) < 4.78 is 52.8. The van der Waals surface area contributed by atoms with Crippen molar-refractivity contribution in [3.63, 3.8) is 0 Å². The number of alkyl halides is 3. The maximum atomic E-state index is 13.1. The van der Waals surface area contributed by atoms with Gasteiger partial charge in [-0.2, -0.15) is 18.3 Å². The maximum absolute atomic E-state index is 13.1. The van der Waals surface area contributed by atoms with Crippen LogP contribution in [0.2, 0.25) is 5.15 Å². The Balaban J connectivity index is 1.42. The number of halogens is 5. The molecule has 11 heteroatoms. The molecule has 1 aliphatic rings. The molecule has 2 aromatic heterocycles. The minimum Gasteiger partial charge on any atom is -0.353 e. The first-order valence-electron chi connectivity index (χ1n) is 10.2. The van der Waals surface area contributed by atoms with Crippen molar-refractivity contribution >= 4 is 23.3 Å². The Morgan fingerprint density at radius 2 is 1.73 bits per heavy atom. The smallest absolute Gasteiger partial charge is 0.353 e. The zero-order valence-corrected chi connectivity index (χ0v) is 18.4. The van der Waals surface area contributed by atoms with Crippen LogP contribution in [0.3, 0.4) is 0 Å². The van der Waals surface area contributed by atoms with Crippen LogP contribution in [0.1, 0.15) is 27.2 Å². The molecule has 3 heterocycles. The van der Waals surface area contributed by atoms with E-state index in [-0.39, 0.29) is 16.9 Å². The van der Waals surface area contributed by atoms with E-state index in [0.717, 1.165) is 17.8 Å². The van der Waals surface area contributed by atoms with E-state index in [1.54, 1.807) is 24.0 Å². The lowest BCUT2D eigenvalue weighted by Crippen LogP contribution is -2.49. The lowest BCUT2D eigenvalue weighted by molar-refractivity contribution is -0.137. The van der Waals surface area contributed by atoms with Crippen LogP contribution in [-0.4, -0.2) is 51.8 Å². The number of hydrogen-bond acceptors (Lipinski definition) is 4. The number of pyridine rings is 1. The number of piperazine rings is 1. The first-order valence-corrected chi connectivity index (χ1v) is 10.6. The molecule has 1 fully saturated rings. The number of anilines is 1. The molecular weight excluding hydrogens is 462 g/mol. The summed E-state index contributed by atoms with van der Waals surface area (Å²) in [6, 6.07) is 8.27. The van der Waals surface area contributed by atoms with E-state index in [2.05, 4.69) is 10.1 Å². The molecular formula is C22H20ClF4N5O. The van der Waals surface area contributed by atoms with Crippen molar-refractivity contribution < 1.29 is 22.4 Å². The SMILES string of the molecule is Cc1nn(Cc2ccc(F)cc2)c(Cl)c1C(=O)N1CCN(c2ccc(C(F)(F)F)cn2)CC1. The first kappa shape index (κ1) is 23.0. The van der Waals surface area contributed by atoms with Gasteiger partial charge in [0.25, 0.3) is 5.91 Å². The standard InChI is InChI=1S/C22H20ClF4N5O/c1-14-19(20(23)32(29-14)13-15-2-5-17(24)6-3-15)21(33)31-10-8-30(9-11-31)18-7-4-16(12-28-18)22(25,26)27/h2-7,12H,8-11,13H2,1H3. The summed E-state index contributed by atoms with van der Waals surface area (Å²) >= 11 is 6.47. The van der Waals surface area contributed by atoms with Gasteiger partial charge in [-0.1, -0.05) is 23.7 Å². The Labute approximate surface area is 192 Å². The number of carbonyl (C=O) groups is 1. The number of nitrogens with zero attached hydrogens (tertiary/aromatic N) is 5. The molecule has 0 radical (unpaired) electrons. The summed E-state index contributed by atoms with van der Waals surface area (Å²) in [5.74, 6) is -0.178. The molecule has 0 atom stereocenters. The van der Waals surface area contributed by atoms with Crippen LogP contribution >= 0.6 is 11.6 Å². The van der Waals surface area contributed by atoms with E-state index in [1.165, 1.54) is 22.9 Å². The average molecular weight is 482 g/mol. The minimum absolute atomic E-state index is 0.202. The van der Waals surface area contributed by atoms with Gasteiger partial charge in [-0.05, 0) is 36.8 Å². The van der Waals surface area contributed by atoms with Crippen LogP contribution in [0.5, 0.6) is 0 Å². The number of rotatable bonds is 4. The van der Waals surface area contributed by atoms with Gasteiger partial charge in [-0.3, -0.25) is 4.79 Å². The van der Waals surface area contributed by atoms with Crippen molar-refractivity contribution in [2.75, 3.05) is 31.1 Å². The number of aromatic nitrogens is 3. The third-order valence-electron chi connectivity index (χ3n) is 5.49. The van der Waals surface area contributed by atoms with Crippen molar-refractivity contribution in [3.05, 3.63) is 75.9 Å². The predicted octanol–water partition coefficient (Wildman–Crippen LogP) is 4.41. The zero-order valence-electron chi connectivity index (χ0n) is 17.6. The van der Waals surface area contributed by atoms with Crippen molar-refractivity contribution in [2.45, 2.75) is 19.6 Å². The van der Waals surface area contributed by atoms with Crippen LogP contribution in [0.25, 0.3) is 0 Å². The Morgan fingerprint density at radius 1 is 1.06 bits per heavy atom. The van der Waals surface area contributed by atoms with Gasteiger partial charge >= 0.3 is 6.18 Å². The van der Waals surface area contributed by atoms with Crippen molar-refractivity contribution in [1.82, 2.24) is 19.7 Å². The summed E-state index contributed by atoms with van der Waals surface area (Å²) in [5, 5.41) is 4.57. The minimum atomic E-state index is -4.44. The molecule has 0 N–H and O–H groups in total. The van der Waals surface area contributed by atoms with Gasteiger partial charge in [0.2, 0.25) is 0 Å². The highest BCUT2D eigenvalue weighted by atomic mass is 35.5. The second kappa shape index (κ2) is 9.01. The molecule has 33 heavy (non-hydrogen) atoms. The third-order valence-corrected chi connectivity index (χ3v) is 5.88. The molecule has 0 saturated carbocycles. The van der Waals surface area contributed by atoms with Crippen LogP contribution in [0, 0.1) is 12.7 Å². The van der Waals surface area contributed by atoms with E-state index in [4.69, 9.17) is 11.6 Å². The Morgan fingerprint density at radius 3 is 2.30 bits per heavy atom. The largest absolute Gasteiger partial charge is 0.417 e. The zero-order chi connectivity index (χ0) is 23.8. The van der Waals surface area contributed by atoms with Gasteiger partial charge in [-0.15, -0.1) is 0 Å². The first-order chi connectivity index (χ1) is 15.6. The summed E-state index contributed by atoms with van der Waals surface area (Å²) in [6.07, 6.45) is -3.62. The predicted molar refractivity (Wildman–Crippen MR) is 115 cm³/mol. The fraction of sp³-hybridized carbons (Fsp3) is 0.318. The Hall–Kier alpha value is -3.14. The van der Waals surface area contributed by atoms with E-state index in [1.807, 2.05) is 4.90 Å². The number of carbonyl (C=O) groups excluding carboxylic acids is 1. The lowest BCUT2D eigenvalue weighted by atomic mass is 10.2. The van der Waals surface area contributed by atoms with Gasteiger partial charge in [0.1, 0.15) is 16.8 Å². The van der Waals surface area contributed by atoms with Crippen molar-refractivity contribution in [3.8, 4) is 0 Å². The van der Waals surface area contributed by atoms with Gasteiger partial charge in [0.15, 0.2) is 0 Å². The molecule has 3 aromatic rings. The molecule has 0 spiro atoms. The summed E-state index contributed by atoms with van der Waals surface area (Å²) in [5.41, 5.74) is 0.777. The molecule has 6 nitrogen and oxygen atoms in total. The second-order valence-electron chi connectivity index (χ2n) is 7.72. The highest BCUT2D eigenvalue weighted by Gasteiger charge is 2.32. The molecule has 1 saturated heterocycles. The van der Waals surface area contributed by atoms with Gasteiger partial charge in [0.05, 0.1) is 23.4 Å². The highest BCUT2D eigenvalue weighted by Crippen LogP contribution is 2.30. The average Bonchev–Trinajstić information content (AvgIpc) is 3.07. The van der Waals surface area contributed by atoms with E-state index in [0.29, 0.717) is 49.8 Å². The molecule has 174 valence electrons. The molecule has 1 aromatic carbocycles. The number of hydrogen-bond donors (Lipinski definition) is 0. The normalized spacial score (nSPS) is 14.6. The number of benzene rings is 1. The van der Waals surface area contributed by atoms with Crippen molar-refractivity contribution in [2.24, 2.45) is 0 Å². The molecule has 1 amide bonds. The molecule has 0 aliphatic carbocycles. The topological polar surface area (TPSA) is 54.3 Å². The highest BCUT2D eigenvalue weighted by molar-refractivity contribution is 6.33. The summed E-state index contributed by atoms with van der Waals surface area (Å²) in [4.78, 5) is 20.5. The summed E-state index contributed by atoms with van der Waals surface area (Å²) in [6.45, 7) is 3.55. The number of aryl methyl sites for hydroxylation is 1. The van der Waals surface area contributed by atoms with E-state index < -0.39 is 11.7 Å². The molecule has 0 unspecified atom stereocenters. The fourth-order valence-electron chi connectivity index (χ4n) is 3.70. The Kier molecular flexibility index (Phi) is 6.29. The third kappa shape index (κ3) is 4.95. The van der Waals surface area contributed by atoms with Gasteiger partial charge in [-0.25, -0.2) is 14.1 Å². The van der Waals surface area contributed by atoms with Crippen LogP contribution in [0.4, 0.5) is 23.4 Å². The maximum Gasteiger partial charge on any atom is 0.417 e. The lowest BCUT2D eigenvalue weighted by Gasteiger charge is -2.35. The van der Waals surface area contributed by atoms with Gasteiger partial charge in [0, 0.05) is 32.4 Å². The number of amides is 1. The van der Waals surface area contributed by atoms with E-state index >= 15 is 0 Å². The fourth-order valence-corrected chi connectivity index (χ4v) is 4.02. The Bertz CT molecular complexity index is 1140.